The van der Waals surface area contributed by atoms with Crippen molar-refractivity contribution in [1.82, 2.24) is 9.55 Å². The number of ether oxygens (including phenoxy) is 1. The monoisotopic (exact) mass is 372 g/mol. The zero-order valence-electron chi connectivity index (χ0n) is 15.3. The van der Waals surface area contributed by atoms with Crippen molar-refractivity contribution in [3.63, 3.8) is 0 Å². The minimum Gasteiger partial charge on any atom is -0.507 e. The van der Waals surface area contributed by atoms with E-state index in [0.29, 0.717) is 18.7 Å². The molecule has 0 unspecified atom stereocenters. The number of phenolic OH excluding ortho intramolecular Hbond substituents is 1. The number of ketones is 1. The second-order valence-electron chi connectivity index (χ2n) is 6.46. The SMILES string of the molecule is O=C(CCn1c(COc2ccccc2)nc2ccccc21)c1ccccc1O. The van der Waals surface area contributed by atoms with Crippen molar-refractivity contribution in [2.24, 2.45) is 0 Å². The Morgan fingerprint density at radius 1 is 0.929 bits per heavy atom. The first-order valence-corrected chi connectivity index (χ1v) is 9.15. The lowest BCUT2D eigenvalue weighted by Gasteiger charge is -2.11. The molecule has 0 fully saturated rings. The van der Waals surface area contributed by atoms with Gasteiger partial charge in [0.25, 0.3) is 0 Å². The molecule has 0 bridgehead atoms. The highest BCUT2D eigenvalue weighted by Gasteiger charge is 2.15. The Hall–Kier alpha value is -3.60. The van der Waals surface area contributed by atoms with Crippen LogP contribution in [0.2, 0.25) is 0 Å². The van der Waals surface area contributed by atoms with Gasteiger partial charge in [-0.15, -0.1) is 0 Å². The molecule has 0 spiro atoms. The van der Waals surface area contributed by atoms with E-state index in [9.17, 15) is 9.90 Å². The molecule has 5 heteroatoms. The van der Waals surface area contributed by atoms with Crippen molar-refractivity contribution in [2.75, 3.05) is 0 Å². The van der Waals surface area contributed by atoms with Gasteiger partial charge in [-0.05, 0) is 36.4 Å². The van der Waals surface area contributed by atoms with Gasteiger partial charge in [0, 0.05) is 13.0 Å². The van der Waals surface area contributed by atoms with Gasteiger partial charge < -0.3 is 14.4 Å². The van der Waals surface area contributed by atoms with Crippen LogP contribution in [0.25, 0.3) is 11.0 Å². The normalized spacial score (nSPS) is 10.9. The second-order valence-corrected chi connectivity index (χ2v) is 6.46. The number of aryl methyl sites for hydroxylation is 1. The highest BCUT2D eigenvalue weighted by atomic mass is 16.5. The van der Waals surface area contributed by atoms with Crippen LogP contribution in [0.4, 0.5) is 0 Å². The third kappa shape index (κ3) is 3.74. The van der Waals surface area contributed by atoms with Crippen LogP contribution in [-0.2, 0) is 13.2 Å². The van der Waals surface area contributed by atoms with Crippen molar-refractivity contribution in [2.45, 2.75) is 19.6 Å². The topological polar surface area (TPSA) is 64.4 Å². The molecule has 1 heterocycles. The lowest BCUT2D eigenvalue weighted by Crippen LogP contribution is -2.11. The number of nitrogens with zero attached hydrogens (tertiary/aromatic N) is 2. The molecule has 0 aliphatic carbocycles. The molecule has 0 atom stereocenters. The van der Waals surface area contributed by atoms with Crippen LogP contribution in [-0.4, -0.2) is 20.4 Å². The summed E-state index contributed by atoms with van der Waals surface area (Å²) in [5.41, 5.74) is 2.16. The minimum absolute atomic E-state index is 0.00984. The number of Topliss-reactive ketones (excluding diaryl/α,β-unsaturated/α-hetero) is 1. The van der Waals surface area contributed by atoms with Gasteiger partial charge in [-0.3, -0.25) is 4.79 Å². The number of benzene rings is 3. The zero-order chi connectivity index (χ0) is 19.3. The summed E-state index contributed by atoms with van der Waals surface area (Å²) in [7, 11) is 0. The molecular weight excluding hydrogens is 352 g/mol. The Bertz CT molecular complexity index is 1100. The van der Waals surface area contributed by atoms with Gasteiger partial charge in [-0.25, -0.2) is 4.98 Å². The zero-order valence-corrected chi connectivity index (χ0v) is 15.3. The maximum atomic E-state index is 12.6. The fourth-order valence-corrected chi connectivity index (χ4v) is 3.21. The van der Waals surface area contributed by atoms with Gasteiger partial charge in [0.05, 0.1) is 16.6 Å². The highest BCUT2D eigenvalue weighted by molar-refractivity contribution is 5.98. The van der Waals surface area contributed by atoms with Crippen LogP contribution in [0.5, 0.6) is 11.5 Å². The van der Waals surface area contributed by atoms with E-state index in [-0.39, 0.29) is 18.0 Å². The number of hydrogen-bond acceptors (Lipinski definition) is 4. The summed E-state index contributed by atoms with van der Waals surface area (Å²) in [6.45, 7) is 0.768. The van der Waals surface area contributed by atoms with E-state index < -0.39 is 0 Å². The van der Waals surface area contributed by atoms with Gasteiger partial charge in [0.1, 0.15) is 23.9 Å². The number of fused-ring (bicyclic) bond motifs is 1. The number of aromatic hydroxyl groups is 1. The van der Waals surface area contributed by atoms with Crippen LogP contribution in [0.15, 0.2) is 78.9 Å². The number of para-hydroxylation sites is 4. The van der Waals surface area contributed by atoms with Crippen molar-refractivity contribution in [1.29, 1.82) is 0 Å². The number of carbonyl (C=O) groups is 1. The Kier molecular flexibility index (Phi) is 5.06. The summed E-state index contributed by atoms with van der Waals surface area (Å²) in [5.74, 6) is 1.43. The quantitative estimate of drug-likeness (QED) is 0.482. The van der Waals surface area contributed by atoms with Crippen molar-refractivity contribution >= 4 is 16.8 Å². The van der Waals surface area contributed by atoms with Gasteiger partial charge >= 0.3 is 0 Å². The first kappa shape index (κ1) is 17.8. The van der Waals surface area contributed by atoms with E-state index in [0.717, 1.165) is 22.6 Å². The molecule has 3 aromatic carbocycles. The highest BCUT2D eigenvalue weighted by Crippen LogP contribution is 2.21. The maximum Gasteiger partial charge on any atom is 0.168 e. The molecule has 0 saturated carbocycles. The molecule has 140 valence electrons. The molecule has 4 aromatic rings. The molecule has 0 amide bonds. The number of phenols is 1. The van der Waals surface area contributed by atoms with Crippen LogP contribution < -0.4 is 4.74 Å². The summed E-state index contributed by atoms with van der Waals surface area (Å²) < 4.78 is 7.87. The molecular formula is C23H20N2O3. The lowest BCUT2D eigenvalue weighted by molar-refractivity contribution is 0.0974. The lowest BCUT2D eigenvalue weighted by atomic mass is 10.1. The van der Waals surface area contributed by atoms with E-state index in [1.807, 2.05) is 59.2 Å². The molecule has 28 heavy (non-hydrogen) atoms. The summed E-state index contributed by atoms with van der Waals surface area (Å²) in [4.78, 5) is 17.2. The van der Waals surface area contributed by atoms with Crippen LogP contribution in [0.1, 0.15) is 22.6 Å². The maximum absolute atomic E-state index is 12.6. The third-order valence-electron chi connectivity index (χ3n) is 4.61. The number of imidazole rings is 1. The predicted molar refractivity (Wildman–Crippen MR) is 108 cm³/mol. The van der Waals surface area contributed by atoms with Crippen molar-refractivity contribution < 1.29 is 14.6 Å². The number of aromatic nitrogens is 2. The van der Waals surface area contributed by atoms with E-state index in [1.165, 1.54) is 6.07 Å². The molecule has 0 radical (unpaired) electrons. The molecule has 0 aliphatic heterocycles. The predicted octanol–water partition coefficient (Wildman–Crippen LogP) is 4.59. The Morgan fingerprint density at radius 2 is 1.64 bits per heavy atom. The van der Waals surface area contributed by atoms with Crippen molar-refractivity contribution in [3.05, 3.63) is 90.3 Å². The first-order chi connectivity index (χ1) is 13.7. The van der Waals surface area contributed by atoms with Gasteiger partial charge in [0.15, 0.2) is 5.78 Å². The summed E-state index contributed by atoms with van der Waals surface area (Å²) in [6.07, 6.45) is 0.260. The van der Waals surface area contributed by atoms with Crippen LogP contribution >= 0.6 is 0 Å². The number of rotatable bonds is 7. The smallest absolute Gasteiger partial charge is 0.168 e. The van der Waals surface area contributed by atoms with Crippen molar-refractivity contribution in [3.8, 4) is 11.5 Å². The van der Waals surface area contributed by atoms with E-state index in [4.69, 9.17) is 4.74 Å². The summed E-state index contributed by atoms with van der Waals surface area (Å²) in [5, 5.41) is 9.91. The van der Waals surface area contributed by atoms with Gasteiger partial charge in [0.2, 0.25) is 0 Å². The fourth-order valence-electron chi connectivity index (χ4n) is 3.21. The minimum atomic E-state index is -0.106. The third-order valence-corrected chi connectivity index (χ3v) is 4.61. The molecule has 5 nitrogen and oxygen atoms in total. The molecule has 0 aliphatic rings. The fraction of sp³-hybridized carbons (Fsp3) is 0.130. The van der Waals surface area contributed by atoms with E-state index in [2.05, 4.69) is 4.98 Å². The number of hydrogen-bond donors (Lipinski definition) is 1. The molecule has 0 saturated heterocycles. The molecule has 1 aromatic heterocycles. The van der Waals surface area contributed by atoms with Gasteiger partial charge in [-0.2, -0.15) is 0 Å². The average Bonchev–Trinajstić information content (AvgIpc) is 3.09. The van der Waals surface area contributed by atoms with Crippen LogP contribution in [0, 0.1) is 0 Å². The van der Waals surface area contributed by atoms with Crippen LogP contribution in [0.3, 0.4) is 0 Å². The van der Waals surface area contributed by atoms with Gasteiger partial charge in [-0.1, -0.05) is 42.5 Å². The standard InChI is InChI=1S/C23H20N2O3/c26-21-13-7-4-10-18(21)22(27)14-15-25-20-12-6-5-11-19(20)24-23(25)16-28-17-8-2-1-3-9-17/h1-13,26H,14-16H2. The Labute approximate surface area is 162 Å². The molecule has 1 N–H and O–H groups in total. The Balaban J connectivity index is 1.56. The summed E-state index contributed by atoms with van der Waals surface area (Å²) >= 11 is 0. The summed E-state index contributed by atoms with van der Waals surface area (Å²) in [6, 6.07) is 24.0. The molecule has 4 rings (SSSR count). The van der Waals surface area contributed by atoms with E-state index >= 15 is 0 Å². The Morgan fingerprint density at radius 3 is 2.46 bits per heavy atom. The second kappa shape index (κ2) is 7.96. The number of carbonyl (C=O) groups excluding carboxylic acids is 1. The first-order valence-electron chi connectivity index (χ1n) is 9.15. The largest absolute Gasteiger partial charge is 0.507 e. The van der Waals surface area contributed by atoms with E-state index in [1.54, 1.807) is 18.2 Å². The average molecular weight is 372 g/mol.